The highest BCUT2D eigenvalue weighted by Crippen LogP contribution is 2.53. The third kappa shape index (κ3) is 6.17. The Hall–Kier alpha value is -0.870. The molecule has 0 radical (unpaired) electrons. The molecule has 0 aliphatic rings. The maximum atomic E-state index is 6.01. The minimum Gasteiger partial charge on any atom is -0.405 e. The Bertz CT molecular complexity index is 314. The van der Waals surface area contributed by atoms with Crippen LogP contribution in [0.3, 0.4) is 0 Å². The largest absolute Gasteiger partial charge is 0.405 e. The molecule has 0 unspecified atom stereocenters. The molecule has 3 N–H and O–H groups in total. The van der Waals surface area contributed by atoms with E-state index in [0.717, 1.165) is 12.2 Å². The Kier molecular flexibility index (Phi) is 7.18. The Balaban J connectivity index is 4.11. The van der Waals surface area contributed by atoms with Crippen molar-refractivity contribution in [3.05, 3.63) is 36.7 Å². The Morgan fingerprint density at radius 1 is 1.39 bits per heavy atom. The molecule has 0 aromatic rings. The zero-order valence-corrected chi connectivity index (χ0v) is 13.1. The van der Waals surface area contributed by atoms with Gasteiger partial charge < -0.3 is 15.2 Å². The van der Waals surface area contributed by atoms with Gasteiger partial charge in [0.15, 0.2) is 0 Å². The summed E-state index contributed by atoms with van der Waals surface area (Å²) in [5, 5.41) is 3.25. The molecule has 18 heavy (non-hydrogen) atoms. The topological polar surface area (TPSA) is 47.3 Å². The zero-order chi connectivity index (χ0) is 14.2. The van der Waals surface area contributed by atoms with Gasteiger partial charge in [-0.05, 0) is 36.9 Å². The number of nitrogens with two attached hydrogens (primary N) is 1. The van der Waals surface area contributed by atoms with E-state index in [1.54, 1.807) is 12.2 Å². The molecule has 106 valence electrons. The summed E-state index contributed by atoms with van der Waals surface area (Å²) < 4.78 is 6.21. The highest BCUT2D eigenvalue weighted by atomic mass is 32.3. The van der Waals surface area contributed by atoms with E-state index in [1.165, 1.54) is 6.20 Å². The molecule has 0 atom stereocenters. The number of allylic oxidation sites excluding steroid dienone is 3. The molecule has 0 aliphatic carbocycles. The van der Waals surface area contributed by atoms with Crippen LogP contribution in [0.1, 0.15) is 20.8 Å². The molecule has 0 spiro atoms. The SMILES string of the molecule is C=C/C(=C\C=C\N)NCCOS(C)(C)C(C)(C)C. The lowest BCUT2D eigenvalue weighted by Gasteiger charge is -2.43. The van der Waals surface area contributed by atoms with E-state index < -0.39 is 10.3 Å². The van der Waals surface area contributed by atoms with Crippen LogP contribution in [0.5, 0.6) is 0 Å². The van der Waals surface area contributed by atoms with Crippen molar-refractivity contribution in [3.8, 4) is 0 Å². The standard InChI is InChI=1S/C14H28N2OS/c1-7-13(9-8-10-15)16-11-12-17-18(5,6)14(2,3)4/h7-10,16H,1,11-12,15H2,2-6H3/b10-8+,13-9+. The van der Waals surface area contributed by atoms with E-state index in [4.69, 9.17) is 9.92 Å². The van der Waals surface area contributed by atoms with Gasteiger partial charge in [0.2, 0.25) is 0 Å². The van der Waals surface area contributed by atoms with E-state index >= 15 is 0 Å². The van der Waals surface area contributed by atoms with Gasteiger partial charge in [0.05, 0.1) is 6.61 Å². The molecule has 4 heteroatoms. The smallest absolute Gasteiger partial charge is 0.0765 e. The summed E-state index contributed by atoms with van der Waals surface area (Å²) in [7, 11) is -1.04. The minimum absolute atomic E-state index is 0.201. The second-order valence-corrected chi connectivity index (χ2v) is 9.23. The van der Waals surface area contributed by atoms with E-state index in [1.807, 2.05) is 6.08 Å². The van der Waals surface area contributed by atoms with Crippen molar-refractivity contribution in [1.29, 1.82) is 0 Å². The van der Waals surface area contributed by atoms with Crippen LogP contribution in [0.2, 0.25) is 0 Å². The van der Waals surface area contributed by atoms with E-state index in [0.29, 0.717) is 6.61 Å². The van der Waals surface area contributed by atoms with Crippen LogP contribution in [-0.2, 0) is 4.18 Å². The number of hydrogen-bond donors (Lipinski definition) is 2. The zero-order valence-electron chi connectivity index (χ0n) is 12.3. The van der Waals surface area contributed by atoms with Crippen LogP contribution >= 0.6 is 10.3 Å². The summed E-state index contributed by atoms with van der Waals surface area (Å²) in [6, 6.07) is 0. The van der Waals surface area contributed by atoms with E-state index in [9.17, 15) is 0 Å². The van der Waals surface area contributed by atoms with Gasteiger partial charge in [-0.3, -0.25) is 0 Å². The van der Waals surface area contributed by atoms with Gasteiger partial charge in [0, 0.05) is 17.0 Å². The quantitative estimate of drug-likeness (QED) is 0.553. The van der Waals surface area contributed by atoms with Gasteiger partial charge in [-0.15, -0.1) is 10.3 Å². The predicted octanol–water partition coefficient (Wildman–Crippen LogP) is 2.91. The molecular formula is C14H28N2OS. The lowest BCUT2D eigenvalue weighted by atomic mass is 10.3. The van der Waals surface area contributed by atoms with E-state index in [-0.39, 0.29) is 4.75 Å². The van der Waals surface area contributed by atoms with Crippen molar-refractivity contribution >= 4 is 10.3 Å². The van der Waals surface area contributed by atoms with Crippen LogP contribution in [-0.4, -0.2) is 30.4 Å². The fraction of sp³-hybridized carbons (Fsp3) is 0.571. The van der Waals surface area contributed by atoms with Crippen molar-refractivity contribution in [2.45, 2.75) is 25.5 Å². The fourth-order valence-corrected chi connectivity index (χ4v) is 1.83. The Morgan fingerprint density at radius 3 is 2.44 bits per heavy atom. The van der Waals surface area contributed by atoms with Crippen molar-refractivity contribution in [1.82, 2.24) is 5.32 Å². The number of rotatable bonds is 7. The van der Waals surface area contributed by atoms with Crippen molar-refractivity contribution in [2.75, 3.05) is 25.7 Å². The molecule has 0 heterocycles. The summed E-state index contributed by atoms with van der Waals surface area (Å²) in [5.41, 5.74) is 6.23. The number of hydrogen-bond acceptors (Lipinski definition) is 3. The molecule has 0 aromatic heterocycles. The lowest BCUT2D eigenvalue weighted by Crippen LogP contribution is -2.27. The van der Waals surface area contributed by atoms with Gasteiger partial charge in [0.25, 0.3) is 0 Å². The first-order chi connectivity index (χ1) is 8.24. The third-order valence-corrected chi connectivity index (χ3v) is 6.60. The summed E-state index contributed by atoms with van der Waals surface area (Å²) in [4.78, 5) is 0. The van der Waals surface area contributed by atoms with Crippen LogP contribution < -0.4 is 11.1 Å². The first-order valence-electron chi connectivity index (χ1n) is 6.07. The predicted molar refractivity (Wildman–Crippen MR) is 84.8 cm³/mol. The maximum absolute atomic E-state index is 6.01. The highest BCUT2D eigenvalue weighted by Gasteiger charge is 2.28. The van der Waals surface area contributed by atoms with Gasteiger partial charge in [-0.1, -0.05) is 27.4 Å². The monoisotopic (exact) mass is 272 g/mol. The second-order valence-electron chi connectivity index (χ2n) is 5.31. The van der Waals surface area contributed by atoms with Gasteiger partial charge in [-0.2, -0.15) is 0 Å². The summed E-state index contributed by atoms with van der Waals surface area (Å²) >= 11 is 0. The number of nitrogens with one attached hydrogen (secondary N) is 1. The maximum Gasteiger partial charge on any atom is 0.0765 e. The van der Waals surface area contributed by atoms with Crippen LogP contribution in [0.4, 0.5) is 0 Å². The molecular weight excluding hydrogens is 244 g/mol. The van der Waals surface area contributed by atoms with Gasteiger partial charge in [0.1, 0.15) is 0 Å². The van der Waals surface area contributed by atoms with Crippen LogP contribution in [0.15, 0.2) is 36.7 Å². The summed E-state index contributed by atoms with van der Waals surface area (Å²) in [6.45, 7) is 11.9. The molecule has 0 bridgehead atoms. The van der Waals surface area contributed by atoms with E-state index in [2.05, 4.69) is 45.2 Å². The van der Waals surface area contributed by atoms with Crippen molar-refractivity contribution < 1.29 is 4.18 Å². The molecule has 0 saturated carbocycles. The molecule has 0 amide bonds. The molecule has 0 saturated heterocycles. The van der Waals surface area contributed by atoms with Gasteiger partial charge in [-0.25, -0.2) is 0 Å². The first kappa shape index (κ1) is 17.1. The molecule has 0 aliphatic heterocycles. The lowest BCUT2D eigenvalue weighted by molar-refractivity contribution is 0.350. The van der Waals surface area contributed by atoms with Gasteiger partial charge >= 0.3 is 0 Å². The Labute approximate surface area is 114 Å². The average molecular weight is 272 g/mol. The Morgan fingerprint density at radius 2 is 2.00 bits per heavy atom. The molecule has 3 nitrogen and oxygen atoms in total. The molecule has 0 fully saturated rings. The summed E-state index contributed by atoms with van der Waals surface area (Å²) in [5.74, 6) is 0. The average Bonchev–Trinajstić information content (AvgIpc) is 2.26. The minimum atomic E-state index is -1.04. The normalized spacial score (nSPS) is 14.8. The van der Waals surface area contributed by atoms with Crippen LogP contribution in [0, 0.1) is 0 Å². The second kappa shape index (κ2) is 7.54. The van der Waals surface area contributed by atoms with Crippen molar-refractivity contribution in [2.24, 2.45) is 5.73 Å². The molecule has 0 rings (SSSR count). The fourth-order valence-electron chi connectivity index (χ4n) is 0.981. The van der Waals surface area contributed by atoms with Crippen molar-refractivity contribution in [3.63, 3.8) is 0 Å². The molecule has 0 aromatic carbocycles. The highest BCUT2D eigenvalue weighted by molar-refractivity contribution is 8.29. The first-order valence-corrected chi connectivity index (χ1v) is 8.44. The summed E-state index contributed by atoms with van der Waals surface area (Å²) in [6.07, 6.45) is 11.3. The van der Waals surface area contributed by atoms with Crippen LogP contribution in [0.25, 0.3) is 0 Å². The third-order valence-electron chi connectivity index (χ3n) is 2.89.